The smallest absolute Gasteiger partial charge is 0.357 e. The first kappa shape index (κ1) is 9.47. The maximum Gasteiger partial charge on any atom is 0.357 e. The summed E-state index contributed by atoms with van der Waals surface area (Å²) >= 11 is 0. The van der Waals surface area contributed by atoms with Crippen LogP contribution < -0.4 is 5.56 Å². The number of carboxylic acid groups (broad SMARTS) is 1. The monoisotopic (exact) mass is 183 g/mol. The van der Waals surface area contributed by atoms with Gasteiger partial charge in [0.1, 0.15) is 0 Å². The molecule has 1 rings (SSSR count). The minimum Gasteiger partial charge on any atom is -0.478 e. The fourth-order valence-corrected chi connectivity index (χ4v) is 0.890. The molecule has 0 radical (unpaired) electrons. The summed E-state index contributed by atoms with van der Waals surface area (Å²) in [4.78, 5) is 21.7. The Morgan fingerprint density at radius 3 is 2.62 bits per heavy atom. The molecule has 0 saturated heterocycles. The third kappa shape index (κ3) is 1.59. The van der Waals surface area contributed by atoms with Crippen molar-refractivity contribution in [2.75, 3.05) is 0 Å². The lowest BCUT2D eigenvalue weighted by molar-refractivity contribution is -0.167. The number of aliphatic hydroxyl groups is 1. The van der Waals surface area contributed by atoms with Gasteiger partial charge in [0, 0.05) is 12.3 Å². The van der Waals surface area contributed by atoms with E-state index in [0.29, 0.717) is 0 Å². The highest BCUT2D eigenvalue weighted by atomic mass is 16.4. The predicted octanol–water partition coefficient (Wildman–Crippen LogP) is -0.402. The van der Waals surface area contributed by atoms with E-state index in [-0.39, 0.29) is 0 Å². The maximum absolute atomic E-state index is 11.1. The van der Waals surface area contributed by atoms with Gasteiger partial charge in [-0.2, -0.15) is 0 Å². The highest BCUT2D eigenvalue weighted by Gasteiger charge is 2.32. The Bertz CT molecular complexity index is 380. The second kappa shape index (κ2) is 3.02. The van der Waals surface area contributed by atoms with Gasteiger partial charge >= 0.3 is 5.97 Å². The quantitative estimate of drug-likeness (QED) is 0.653. The van der Waals surface area contributed by atoms with Gasteiger partial charge in [-0.3, -0.25) is 9.36 Å². The van der Waals surface area contributed by atoms with Gasteiger partial charge in [0.2, 0.25) is 5.72 Å². The Hall–Kier alpha value is -1.62. The average molecular weight is 183 g/mol. The van der Waals surface area contributed by atoms with E-state index in [9.17, 15) is 14.7 Å². The van der Waals surface area contributed by atoms with Crippen LogP contribution in [0.3, 0.4) is 0 Å². The molecule has 13 heavy (non-hydrogen) atoms. The Labute approximate surface area is 73.9 Å². The summed E-state index contributed by atoms with van der Waals surface area (Å²) < 4.78 is 0.745. The van der Waals surface area contributed by atoms with E-state index in [4.69, 9.17) is 5.11 Å². The van der Waals surface area contributed by atoms with Crippen LogP contribution in [0.2, 0.25) is 0 Å². The van der Waals surface area contributed by atoms with Crippen LogP contribution in [-0.4, -0.2) is 20.7 Å². The normalized spacial score (nSPS) is 14.9. The molecule has 0 aromatic carbocycles. The van der Waals surface area contributed by atoms with Crippen molar-refractivity contribution in [2.24, 2.45) is 0 Å². The average Bonchev–Trinajstić information content (AvgIpc) is 2.04. The number of carbonyl (C=O) groups is 1. The summed E-state index contributed by atoms with van der Waals surface area (Å²) in [5, 5.41) is 18.0. The van der Waals surface area contributed by atoms with E-state index >= 15 is 0 Å². The number of hydrogen-bond acceptors (Lipinski definition) is 3. The van der Waals surface area contributed by atoms with Crippen LogP contribution in [0.15, 0.2) is 29.2 Å². The summed E-state index contributed by atoms with van der Waals surface area (Å²) in [6, 6.07) is 4.12. The first-order valence-electron chi connectivity index (χ1n) is 3.60. The molecule has 70 valence electrons. The molecule has 0 fully saturated rings. The molecule has 0 aliphatic carbocycles. The van der Waals surface area contributed by atoms with Crippen LogP contribution in [-0.2, 0) is 10.5 Å². The standard InChI is InChI=1S/C8H9NO4/c1-8(13,7(11)12)9-5-3-2-4-6(9)10/h2-5,13H,1H3,(H,11,12)/t8-/m1/s1. The van der Waals surface area contributed by atoms with Crippen LogP contribution in [0.1, 0.15) is 6.92 Å². The summed E-state index contributed by atoms with van der Waals surface area (Å²) in [7, 11) is 0. The molecule has 0 saturated carbocycles. The van der Waals surface area contributed by atoms with Crippen molar-refractivity contribution in [1.29, 1.82) is 0 Å². The van der Waals surface area contributed by atoms with Crippen molar-refractivity contribution in [2.45, 2.75) is 12.6 Å². The summed E-state index contributed by atoms with van der Waals surface area (Å²) in [6.45, 7) is 1.04. The Morgan fingerprint density at radius 1 is 1.54 bits per heavy atom. The zero-order valence-electron chi connectivity index (χ0n) is 6.97. The number of carboxylic acids is 1. The van der Waals surface area contributed by atoms with Gasteiger partial charge < -0.3 is 10.2 Å². The van der Waals surface area contributed by atoms with E-state index in [1.165, 1.54) is 24.4 Å². The number of rotatable bonds is 2. The van der Waals surface area contributed by atoms with E-state index in [2.05, 4.69) is 0 Å². The molecule has 0 amide bonds. The Kier molecular flexibility index (Phi) is 2.20. The number of pyridine rings is 1. The highest BCUT2D eigenvalue weighted by molar-refractivity contribution is 5.74. The molecule has 2 N–H and O–H groups in total. The second-order valence-electron chi connectivity index (χ2n) is 2.73. The number of hydrogen-bond donors (Lipinski definition) is 2. The molecule has 0 aliphatic heterocycles. The molecule has 0 bridgehead atoms. The van der Waals surface area contributed by atoms with E-state index in [0.717, 1.165) is 11.5 Å². The van der Waals surface area contributed by atoms with E-state index in [1.54, 1.807) is 0 Å². The fraction of sp³-hybridized carbons (Fsp3) is 0.250. The van der Waals surface area contributed by atoms with Gasteiger partial charge in [0.25, 0.3) is 5.56 Å². The number of aliphatic carboxylic acids is 1. The lowest BCUT2D eigenvalue weighted by Gasteiger charge is -2.20. The molecule has 1 aromatic heterocycles. The lowest BCUT2D eigenvalue weighted by atomic mass is 10.2. The molecule has 0 aliphatic rings. The van der Waals surface area contributed by atoms with E-state index in [1.807, 2.05) is 0 Å². The maximum atomic E-state index is 11.1. The summed E-state index contributed by atoms with van der Waals surface area (Å²) in [5.74, 6) is -1.47. The number of aromatic nitrogens is 1. The van der Waals surface area contributed by atoms with Crippen molar-refractivity contribution < 1.29 is 15.0 Å². The van der Waals surface area contributed by atoms with Crippen molar-refractivity contribution in [1.82, 2.24) is 4.57 Å². The second-order valence-corrected chi connectivity index (χ2v) is 2.73. The molecule has 5 nitrogen and oxygen atoms in total. The Morgan fingerprint density at radius 2 is 2.15 bits per heavy atom. The van der Waals surface area contributed by atoms with Gasteiger partial charge in [0.15, 0.2) is 0 Å². The summed E-state index contributed by atoms with van der Waals surface area (Å²) in [5.41, 5.74) is -2.76. The number of nitrogens with zero attached hydrogens (tertiary/aromatic N) is 1. The van der Waals surface area contributed by atoms with Gasteiger partial charge in [-0.15, -0.1) is 0 Å². The van der Waals surface area contributed by atoms with Crippen LogP contribution in [0.4, 0.5) is 0 Å². The van der Waals surface area contributed by atoms with Crippen LogP contribution in [0.5, 0.6) is 0 Å². The predicted molar refractivity (Wildman–Crippen MR) is 44.2 cm³/mol. The van der Waals surface area contributed by atoms with Crippen molar-refractivity contribution in [3.8, 4) is 0 Å². The molecule has 1 atom stereocenters. The van der Waals surface area contributed by atoms with Crippen molar-refractivity contribution >= 4 is 5.97 Å². The third-order valence-electron chi connectivity index (χ3n) is 1.70. The summed E-state index contributed by atoms with van der Waals surface area (Å²) in [6.07, 6.45) is 1.22. The minimum atomic E-state index is -2.20. The van der Waals surface area contributed by atoms with Gasteiger partial charge in [0.05, 0.1) is 0 Å². The topological polar surface area (TPSA) is 79.5 Å². The first-order chi connectivity index (χ1) is 5.96. The zero-order valence-corrected chi connectivity index (χ0v) is 6.97. The lowest BCUT2D eigenvalue weighted by Crippen LogP contribution is -2.44. The van der Waals surface area contributed by atoms with Crippen LogP contribution in [0, 0.1) is 0 Å². The molecule has 1 aromatic rings. The van der Waals surface area contributed by atoms with Gasteiger partial charge in [-0.25, -0.2) is 4.79 Å². The molecule has 0 unspecified atom stereocenters. The SMILES string of the molecule is C[C@@](O)(C(=O)O)n1ccccc1=O. The van der Waals surface area contributed by atoms with Crippen LogP contribution in [0.25, 0.3) is 0 Å². The molecular formula is C8H9NO4. The molecule has 1 heterocycles. The van der Waals surface area contributed by atoms with E-state index < -0.39 is 17.3 Å². The highest BCUT2D eigenvalue weighted by Crippen LogP contribution is 2.07. The zero-order chi connectivity index (χ0) is 10.1. The van der Waals surface area contributed by atoms with Gasteiger partial charge in [-0.05, 0) is 13.0 Å². The van der Waals surface area contributed by atoms with Crippen molar-refractivity contribution in [3.05, 3.63) is 34.7 Å². The largest absolute Gasteiger partial charge is 0.478 e. The third-order valence-corrected chi connectivity index (χ3v) is 1.70. The van der Waals surface area contributed by atoms with Gasteiger partial charge in [-0.1, -0.05) is 6.07 Å². The fourth-order valence-electron chi connectivity index (χ4n) is 0.890. The van der Waals surface area contributed by atoms with Crippen molar-refractivity contribution in [3.63, 3.8) is 0 Å². The van der Waals surface area contributed by atoms with Crippen LogP contribution >= 0.6 is 0 Å². The Balaban J connectivity index is 3.30. The first-order valence-corrected chi connectivity index (χ1v) is 3.60. The molecule has 5 heteroatoms. The molecule has 0 spiro atoms. The minimum absolute atomic E-state index is 0.560. The molecular weight excluding hydrogens is 174 g/mol.